The molecule has 1 fully saturated rings. The SMILES string of the molecule is CO[C@@H]1C[C@@H](O)C[C@@H](CO)O1. The van der Waals surface area contributed by atoms with E-state index in [-0.39, 0.29) is 19.0 Å². The molecular formula is C7H14O4. The normalized spacial score (nSPS) is 39.0. The summed E-state index contributed by atoms with van der Waals surface area (Å²) in [6.45, 7) is -0.0586. The van der Waals surface area contributed by atoms with Gasteiger partial charge in [0.15, 0.2) is 6.29 Å². The quantitative estimate of drug-likeness (QED) is 0.574. The maximum Gasteiger partial charge on any atom is 0.160 e. The van der Waals surface area contributed by atoms with Crippen LogP contribution in [0.2, 0.25) is 0 Å². The van der Waals surface area contributed by atoms with E-state index < -0.39 is 6.10 Å². The smallest absolute Gasteiger partial charge is 0.160 e. The number of hydrogen-bond acceptors (Lipinski definition) is 4. The van der Waals surface area contributed by atoms with Gasteiger partial charge in [-0.05, 0) is 0 Å². The minimum Gasteiger partial charge on any atom is -0.394 e. The first-order chi connectivity index (χ1) is 5.26. The average Bonchev–Trinajstić information content (AvgIpc) is 2.03. The Morgan fingerprint density at radius 2 is 2.27 bits per heavy atom. The summed E-state index contributed by atoms with van der Waals surface area (Å²) in [4.78, 5) is 0. The molecule has 4 nitrogen and oxygen atoms in total. The number of rotatable bonds is 2. The Balaban J connectivity index is 2.37. The number of hydrogen-bond donors (Lipinski definition) is 2. The molecule has 66 valence electrons. The van der Waals surface area contributed by atoms with E-state index in [1.54, 1.807) is 0 Å². The summed E-state index contributed by atoms with van der Waals surface area (Å²) in [5.41, 5.74) is 0. The van der Waals surface area contributed by atoms with Crippen LogP contribution in [-0.2, 0) is 9.47 Å². The Labute approximate surface area is 65.7 Å². The highest BCUT2D eigenvalue weighted by molar-refractivity contribution is 4.72. The van der Waals surface area contributed by atoms with Gasteiger partial charge in [-0.15, -0.1) is 0 Å². The lowest BCUT2D eigenvalue weighted by molar-refractivity contribution is -0.210. The first-order valence-corrected chi connectivity index (χ1v) is 3.73. The molecule has 0 saturated carbocycles. The fraction of sp³-hybridized carbons (Fsp3) is 1.00. The molecule has 2 N–H and O–H groups in total. The Kier molecular flexibility index (Phi) is 3.26. The monoisotopic (exact) mass is 162 g/mol. The van der Waals surface area contributed by atoms with Crippen LogP contribution in [0.1, 0.15) is 12.8 Å². The molecule has 1 aliphatic heterocycles. The molecule has 0 unspecified atom stereocenters. The van der Waals surface area contributed by atoms with Gasteiger partial charge in [0.25, 0.3) is 0 Å². The van der Waals surface area contributed by atoms with Gasteiger partial charge in [0.2, 0.25) is 0 Å². The van der Waals surface area contributed by atoms with Gasteiger partial charge in [-0.2, -0.15) is 0 Å². The van der Waals surface area contributed by atoms with E-state index in [1.807, 2.05) is 0 Å². The highest BCUT2D eigenvalue weighted by Crippen LogP contribution is 2.19. The van der Waals surface area contributed by atoms with Crippen LogP contribution in [0.5, 0.6) is 0 Å². The zero-order valence-electron chi connectivity index (χ0n) is 6.56. The fourth-order valence-electron chi connectivity index (χ4n) is 1.22. The Morgan fingerprint density at radius 1 is 1.55 bits per heavy atom. The van der Waals surface area contributed by atoms with Crippen LogP contribution in [0.3, 0.4) is 0 Å². The summed E-state index contributed by atoms with van der Waals surface area (Å²) < 4.78 is 10.1. The molecule has 0 bridgehead atoms. The second-order valence-electron chi connectivity index (χ2n) is 2.73. The molecule has 1 saturated heterocycles. The predicted octanol–water partition coefficient (Wildman–Crippen LogP) is -0.509. The van der Waals surface area contributed by atoms with Crippen molar-refractivity contribution in [2.45, 2.75) is 31.3 Å². The zero-order chi connectivity index (χ0) is 8.27. The van der Waals surface area contributed by atoms with Crippen LogP contribution in [-0.4, -0.2) is 42.4 Å². The van der Waals surface area contributed by atoms with Crippen molar-refractivity contribution in [2.75, 3.05) is 13.7 Å². The molecule has 0 amide bonds. The van der Waals surface area contributed by atoms with Gasteiger partial charge in [-0.25, -0.2) is 0 Å². The molecular weight excluding hydrogens is 148 g/mol. The molecule has 1 rings (SSSR count). The van der Waals surface area contributed by atoms with E-state index in [1.165, 1.54) is 7.11 Å². The van der Waals surface area contributed by atoms with E-state index in [9.17, 15) is 5.11 Å². The number of methoxy groups -OCH3 is 1. The topological polar surface area (TPSA) is 58.9 Å². The first-order valence-electron chi connectivity index (χ1n) is 3.73. The van der Waals surface area contributed by atoms with Crippen LogP contribution < -0.4 is 0 Å². The maximum absolute atomic E-state index is 9.24. The molecule has 3 atom stereocenters. The summed E-state index contributed by atoms with van der Waals surface area (Å²) in [5.74, 6) is 0. The number of ether oxygens (including phenoxy) is 2. The molecule has 1 heterocycles. The highest BCUT2D eigenvalue weighted by atomic mass is 16.7. The van der Waals surface area contributed by atoms with Crippen LogP contribution in [0.15, 0.2) is 0 Å². The molecule has 0 radical (unpaired) electrons. The van der Waals surface area contributed by atoms with Gasteiger partial charge in [0.05, 0.1) is 18.8 Å². The van der Waals surface area contributed by atoms with Crippen molar-refractivity contribution in [1.29, 1.82) is 0 Å². The van der Waals surface area contributed by atoms with Gasteiger partial charge < -0.3 is 19.7 Å². The summed E-state index contributed by atoms with van der Waals surface area (Å²) in [6.07, 6.45) is -0.0611. The third kappa shape index (κ3) is 2.41. The fourth-order valence-corrected chi connectivity index (χ4v) is 1.22. The summed E-state index contributed by atoms with van der Waals surface area (Å²) in [6, 6.07) is 0. The Morgan fingerprint density at radius 3 is 2.82 bits per heavy atom. The minimum absolute atomic E-state index is 0.0586. The standard InChI is InChI=1S/C7H14O4/c1-10-7-3-5(9)2-6(4-8)11-7/h5-9H,2-4H2,1H3/t5-,6-,7-/m0/s1. The van der Waals surface area contributed by atoms with Gasteiger partial charge >= 0.3 is 0 Å². The highest BCUT2D eigenvalue weighted by Gasteiger charge is 2.27. The maximum atomic E-state index is 9.24. The minimum atomic E-state index is -0.411. The second-order valence-corrected chi connectivity index (χ2v) is 2.73. The lowest BCUT2D eigenvalue weighted by Crippen LogP contribution is -2.38. The van der Waals surface area contributed by atoms with Crippen molar-refractivity contribution in [3.8, 4) is 0 Å². The molecule has 11 heavy (non-hydrogen) atoms. The number of aliphatic hydroxyl groups excluding tert-OH is 2. The van der Waals surface area contributed by atoms with E-state index in [2.05, 4.69) is 0 Å². The van der Waals surface area contributed by atoms with Gasteiger partial charge in [0.1, 0.15) is 0 Å². The van der Waals surface area contributed by atoms with Gasteiger partial charge in [-0.1, -0.05) is 0 Å². The van der Waals surface area contributed by atoms with E-state index in [0.717, 1.165) is 0 Å². The summed E-state index contributed by atoms with van der Waals surface area (Å²) >= 11 is 0. The third-order valence-electron chi connectivity index (χ3n) is 1.81. The van der Waals surface area contributed by atoms with Crippen molar-refractivity contribution in [3.05, 3.63) is 0 Å². The van der Waals surface area contributed by atoms with Crippen LogP contribution in [0.4, 0.5) is 0 Å². The van der Waals surface area contributed by atoms with Crippen molar-refractivity contribution < 1.29 is 19.7 Å². The Hall–Kier alpha value is -0.160. The van der Waals surface area contributed by atoms with Crippen LogP contribution in [0.25, 0.3) is 0 Å². The van der Waals surface area contributed by atoms with Gasteiger partial charge in [0, 0.05) is 20.0 Å². The summed E-state index contributed by atoms with van der Waals surface area (Å²) in [7, 11) is 1.52. The Bertz CT molecular complexity index is 105. The van der Waals surface area contributed by atoms with Crippen LogP contribution in [0, 0.1) is 0 Å². The molecule has 0 spiro atoms. The number of aliphatic hydroxyl groups is 2. The molecule has 1 aliphatic rings. The average molecular weight is 162 g/mol. The lowest BCUT2D eigenvalue weighted by Gasteiger charge is -2.30. The molecule has 4 heteroatoms. The van der Waals surface area contributed by atoms with E-state index in [4.69, 9.17) is 14.6 Å². The molecule has 0 aromatic rings. The van der Waals surface area contributed by atoms with Crippen molar-refractivity contribution in [3.63, 3.8) is 0 Å². The predicted molar refractivity (Wildman–Crippen MR) is 38.0 cm³/mol. The molecule has 0 aromatic carbocycles. The van der Waals surface area contributed by atoms with E-state index in [0.29, 0.717) is 12.8 Å². The third-order valence-corrected chi connectivity index (χ3v) is 1.81. The first kappa shape index (κ1) is 8.93. The molecule has 0 aromatic heterocycles. The largest absolute Gasteiger partial charge is 0.394 e. The van der Waals surface area contributed by atoms with Gasteiger partial charge in [-0.3, -0.25) is 0 Å². The van der Waals surface area contributed by atoms with Crippen molar-refractivity contribution >= 4 is 0 Å². The lowest BCUT2D eigenvalue weighted by atomic mass is 10.1. The zero-order valence-corrected chi connectivity index (χ0v) is 6.56. The van der Waals surface area contributed by atoms with Crippen molar-refractivity contribution in [2.24, 2.45) is 0 Å². The summed E-state index contributed by atoms with van der Waals surface area (Å²) in [5, 5.41) is 18.0. The van der Waals surface area contributed by atoms with E-state index >= 15 is 0 Å². The van der Waals surface area contributed by atoms with Crippen LogP contribution >= 0.6 is 0 Å². The molecule has 0 aliphatic carbocycles. The van der Waals surface area contributed by atoms with Crippen molar-refractivity contribution in [1.82, 2.24) is 0 Å². The second kappa shape index (κ2) is 4.01.